The van der Waals surface area contributed by atoms with Crippen molar-refractivity contribution < 1.29 is 4.79 Å². The summed E-state index contributed by atoms with van der Waals surface area (Å²) in [4.78, 5) is 12.6. The summed E-state index contributed by atoms with van der Waals surface area (Å²) in [6.07, 6.45) is 1.80. The molecule has 0 unspecified atom stereocenters. The van der Waals surface area contributed by atoms with Crippen molar-refractivity contribution in [2.24, 2.45) is 0 Å². The largest absolute Gasteiger partial charge is 0.319 e. The number of thioether (sulfide) groups is 1. The van der Waals surface area contributed by atoms with Crippen LogP contribution in [0.3, 0.4) is 0 Å². The second-order valence-corrected chi connectivity index (χ2v) is 6.29. The average Bonchev–Trinajstić information content (AvgIpc) is 2.34. The monoisotopic (exact) mass is 273 g/mol. The van der Waals surface area contributed by atoms with E-state index in [1.807, 2.05) is 42.1 Å². The van der Waals surface area contributed by atoms with Crippen molar-refractivity contribution >= 4 is 38.5 Å². The normalized spacial score (nSPS) is 10.4. The first-order valence-electron chi connectivity index (χ1n) is 4.90. The maximum Gasteiger partial charge on any atom is 0.219 e. The Kier molecular flexibility index (Phi) is 7.03. The van der Waals surface area contributed by atoms with E-state index in [1.54, 1.807) is 17.0 Å². The minimum absolute atomic E-state index is 0.124. The SMILES string of the molecule is CNCCSSc1ccc(C(=O)SC)cc1. The fraction of sp³-hybridized carbons (Fsp3) is 0.364. The third-order valence-corrected chi connectivity index (χ3v) is 4.86. The summed E-state index contributed by atoms with van der Waals surface area (Å²) in [5.74, 6) is 1.08. The molecule has 1 N–H and O–H groups in total. The van der Waals surface area contributed by atoms with E-state index in [0.717, 1.165) is 17.9 Å². The first-order chi connectivity index (χ1) is 7.77. The molecule has 1 aromatic carbocycles. The lowest BCUT2D eigenvalue weighted by Gasteiger charge is -2.02. The molecule has 0 radical (unpaired) electrons. The average molecular weight is 273 g/mol. The summed E-state index contributed by atoms with van der Waals surface area (Å²) in [6, 6.07) is 7.78. The van der Waals surface area contributed by atoms with Crippen LogP contribution in [0.4, 0.5) is 0 Å². The maximum absolute atomic E-state index is 11.4. The molecule has 0 bridgehead atoms. The lowest BCUT2D eigenvalue weighted by molar-refractivity contribution is 0.108. The van der Waals surface area contributed by atoms with E-state index in [0.29, 0.717) is 0 Å². The highest BCUT2D eigenvalue weighted by Gasteiger charge is 2.03. The van der Waals surface area contributed by atoms with E-state index in [1.165, 1.54) is 16.7 Å². The molecule has 1 rings (SSSR count). The van der Waals surface area contributed by atoms with Gasteiger partial charge in [-0.2, -0.15) is 0 Å². The van der Waals surface area contributed by atoms with Crippen LogP contribution in [0.2, 0.25) is 0 Å². The molecule has 0 saturated carbocycles. The number of nitrogens with one attached hydrogen (secondary N) is 1. The molecule has 16 heavy (non-hydrogen) atoms. The third-order valence-electron chi connectivity index (χ3n) is 1.87. The topological polar surface area (TPSA) is 29.1 Å². The highest BCUT2D eigenvalue weighted by Crippen LogP contribution is 2.30. The van der Waals surface area contributed by atoms with Crippen LogP contribution >= 0.6 is 33.3 Å². The summed E-state index contributed by atoms with van der Waals surface area (Å²) < 4.78 is 0. The smallest absolute Gasteiger partial charge is 0.219 e. The minimum atomic E-state index is 0.124. The molecule has 0 aliphatic heterocycles. The van der Waals surface area contributed by atoms with Crippen molar-refractivity contribution in [2.45, 2.75) is 4.90 Å². The van der Waals surface area contributed by atoms with Gasteiger partial charge in [-0.15, -0.1) is 0 Å². The van der Waals surface area contributed by atoms with Crippen LogP contribution in [0.5, 0.6) is 0 Å². The van der Waals surface area contributed by atoms with Gasteiger partial charge < -0.3 is 5.32 Å². The molecule has 0 aromatic heterocycles. The summed E-state index contributed by atoms with van der Waals surface area (Å²) in [5.41, 5.74) is 0.775. The number of hydrogen-bond donors (Lipinski definition) is 1. The zero-order valence-corrected chi connectivity index (χ0v) is 11.8. The molecule has 0 fully saturated rings. The summed E-state index contributed by atoms with van der Waals surface area (Å²) in [5, 5.41) is 3.23. The van der Waals surface area contributed by atoms with Crippen molar-refractivity contribution in [1.82, 2.24) is 5.32 Å². The Balaban J connectivity index is 2.42. The second-order valence-electron chi connectivity index (χ2n) is 3.02. The predicted molar refractivity (Wildman–Crippen MR) is 76.5 cm³/mol. The lowest BCUT2D eigenvalue weighted by Crippen LogP contribution is -2.08. The molecule has 0 aliphatic rings. The van der Waals surface area contributed by atoms with Crippen LogP contribution in [-0.2, 0) is 0 Å². The van der Waals surface area contributed by atoms with Gasteiger partial charge >= 0.3 is 0 Å². The zero-order valence-electron chi connectivity index (χ0n) is 9.36. The van der Waals surface area contributed by atoms with E-state index < -0.39 is 0 Å². The van der Waals surface area contributed by atoms with Gasteiger partial charge in [0.15, 0.2) is 0 Å². The molecule has 2 nitrogen and oxygen atoms in total. The first kappa shape index (κ1) is 14.0. The Morgan fingerprint density at radius 2 is 2.00 bits per heavy atom. The quantitative estimate of drug-likeness (QED) is 0.635. The van der Waals surface area contributed by atoms with Crippen LogP contribution in [0.15, 0.2) is 29.2 Å². The first-order valence-corrected chi connectivity index (χ1v) is 8.44. The van der Waals surface area contributed by atoms with Crippen molar-refractivity contribution in [3.63, 3.8) is 0 Å². The van der Waals surface area contributed by atoms with E-state index in [-0.39, 0.29) is 5.12 Å². The summed E-state index contributed by atoms with van der Waals surface area (Å²) >= 11 is 1.25. The van der Waals surface area contributed by atoms with Crippen LogP contribution < -0.4 is 5.32 Å². The third kappa shape index (κ3) is 4.82. The minimum Gasteiger partial charge on any atom is -0.319 e. The van der Waals surface area contributed by atoms with Crippen molar-refractivity contribution in [3.05, 3.63) is 29.8 Å². The van der Waals surface area contributed by atoms with Gasteiger partial charge in [-0.25, -0.2) is 0 Å². The van der Waals surface area contributed by atoms with Gasteiger partial charge in [0, 0.05) is 22.8 Å². The van der Waals surface area contributed by atoms with Gasteiger partial charge in [-0.05, 0) is 37.6 Å². The van der Waals surface area contributed by atoms with Gasteiger partial charge in [0.05, 0.1) is 0 Å². The molecule has 5 heteroatoms. The van der Waals surface area contributed by atoms with Crippen LogP contribution in [0, 0.1) is 0 Å². The highest BCUT2D eigenvalue weighted by molar-refractivity contribution is 8.76. The van der Waals surface area contributed by atoms with Gasteiger partial charge in [-0.3, -0.25) is 4.79 Å². The lowest BCUT2D eigenvalue weighted by atomic mass is 10.2. The van der Waals surface area contributed by atoms with Gasteiger partial charge in [0.25, 0.3) is 0 Å². The standard InChI is InChI=1S/C11H15NOS3/c1-12-7-8-15-16-10-5-3-9(4-6-10)11(13)14-2/h3-6,12H,7-8H2,1-2H3. The molecule has 0 aliphatic carbocycles. The van der Waals surface area contributed by atoms with Gasteiger partial charge in [-0.1, -0.05) is 33.3 Å². The second kappa shape index (κ2) is 8.06. The molecule has 0 heterocycles. The van der Waals surface area contributed by atoms with E-state index in [2.05, 4.69) is 5.32 Å². The fourth-order valence-corrected chi connectivity index (χ4v) is 3.39. The van der Waals surface area contributed by atoms with Crippen molar-refractivity contribution in [1.29, 1.82) is 0 Å². The number of hydrogen-bond acceptors (Lipinski definition) is 5. The van der Waals surface area contributed by atoms with Gasteiger partial charge in [0.2, 0.25) is 5.12 Å². The maximum atomic E-state index is 11.4. The van der Waals surface area contributed by atoms with Crippen LogP contribution in [0.25, 0.3) is 0 Å². The number of carbonyl (C=O) groups excluding carboxylic acids is 1. The fourth-order valence-electron chi connectivity index (χ4n) is 1.02. The Bertz CT molecular complexity index is 327. The Hall–Kier alpha value is -0.100. The number of rotatable bonds is 6. The molecular formula is C11H15NOS3. The number of benzene rings is 1. The predicted octanol–water partition coefficient (Wildman–Crippen LogP) is 3.15. The highest BCUT2D eigenvalue weighted by atomic mass is 33.1. The molecule has 0 spiro atoms. The van der Waals surface area contributed by atoms with Crippen LogP contribution in [-0.4, -0.2) is 30.7 Å². The zero-order chi connectivity index (χ0) is 11.8. The number of carbonyl (C=O) groups is 1. The van der Waals surface area contributed by atoms with Gasteiger partial charge in [0.1, 0.15) is 0 Å². The molecule has 1 aromatic rings. The Morgan fingerprint density at radius 3 is 2.56 bits per heavy atom. The van der Waals surface area contributed by atoms with Crippen LogP contribution in [0.1, 0.15) is 10.4 Å². The molecule has 0 saturated heterocycles. The van der Waals surface area contributed by atoms with E-state index in [9.17, 15) is 4.79 Å². The van der Waals surface area contributed by atoms with E-state index in [4.69, 9.17) is 0 Å². The molecule has 0 amide bonds. The summed E-state index contributed by atoms with van der Waals surface area (Å²) in [7, 11) is 5.51. The molecule has 0 atom stereocenters. The molecular weight excluding hydrogens is 258 g/mol. The Morgan fingerprint density at radius 1 is 1.31 bits per heavy atom. The Labute approximate surface area is 109 Å². The summed E-state index contributed by atoms with van der Waals surface area (Å²) in [6.45, 7) is 1.01. The van der Waals surface area contributed by atoms with Crippen molar-refractivity contribution in [3.8, 4) is 0 Å². The van der Waals surface area contributed by atoms with Crippen molar-refractivity contribution in [2.75, 3.05) is 25.6 Å². The van der Waals surface area contributed by atoms with E-state index >= 15 is 0 Å². The molecule has 88 valence electrons.